The summed E-state index contributed by atoms with van der Waals surface area (Å²) >= 11 is 0. The molecule has 0 radical (unpaired) electrons. The molecule has 41 heavy (non-hydrogen) atoms. The van der Waals surface area contributed by atoms with Crippen molar-refractivity contribution in [1.29, 1.82) is 10.5 Å². The lowest BCUT2D eigenvalue weighted by molar-refractivity contribution is 1.46. The third-order valence-corrected chi connectivity index (χ3v) is 8.68. The molecule has 0 aliphatic carbocycles. The first-order valence-corrected chi connectivity index (χ1v) is 13.7. The third kappa shape index (κ3) is 2.81. The van der Waals surface area contributed by atoms with Gasteiger partial charge in [-0.25, -0.2) is 9.97 Å². The number of nitriles is 2. The molecule has 1 heterocycles. The highest BCUT2D eigenvalue weighted by atomic mass is 14.8. The van der Waals surface area contributed by atoms with E-state index in [2.05, 4.69) is 74.5 Å². The fourth-order valence-corrected chi connectivity index (χ4v) is 7.14. The van der Waals surface area contributed by atoms with Crippen LogP contribution >= 0.6 is 0 Å². The van der Waals surface area contributed by atoms with E-state index in [9.17, 15) is 5.26 Å². The van der Waals surface area contributed by atoms with E-state index < -0.39 is 0 Å². The molecule has 0 bridgehead atoms. The maximum absolute atomic E-state index is 10.1. The molecule has 0 N–H and O–H groups in total. The first-order chi connectivity index (χ1) is 20.1. The quantitative estimate of drug-likeness (QED) is 0.186. The molecule has 1 aromatic heterocycles. The van der Waals surface area contributed by atoms with Gasteiger partial charge in [0, 0.05) is 50.0 Å². The smallest absolute Gasteiger partial charge is 0.100 e. The summed E-state index contributed by atoms with van der Waals surface area (Å²) in [5.41, 5.74) is 7.04. The van der Waals surface area contributed by atoms with E-state index in [1.807, 2.05) is 24.3 Å². The van der Waals surface area contributed by atoms with E-state index >= 15 is 0 Å². The number of aryl methyl sites for hydroxylation is 2. The lowest BCUT2D eigenvalue weighted by atomic mass is 9.92. The van der Waals surface area contributed by atoms with Crippen molar-refractivity contribution in [1.82, 2.24) is 9.97 Å². The van der Waals surface area contributed by atoms with Gasteiger partial charge in [-0.3, -0.25) is 0 Å². The van der Waals surface area contributed by atoms with E-state index in [0.29, 0.717) is 5.56 Å². The molecule has 0 aliphatic heterocycles. The molecule has 0 saturated heterocycles. The second kappa shape index (κ2) is 8.21. The normalized spacial score (nSPS) is 11.7. The maximum atomic E-state index is 10.1. The Hall–Kier alpha value is -5.58. The van der Waals surface area contributed by atoms with E-state index in [0.717, 1.165) is 59.8 Å². The van der Waals surface area contributed by atoms with Crippen LogP contribution in [0.15, 0.2) is 78.9 Å². The molecule has 8 aromatic carbocycles. The van der Waals surface area contributed by atoms with Crippen molar-refractivity contribution in [2.75, 3.05) is 0 Å². The van der Waals surface area contributed by atoms with Gasteiger partial charge < -0.3 is 0 Å². The highest BCUT2D eigenvalue weighted by Gasteiger charge is 2.24. The lowest BCUT2D eigenvalue weighted by Crippen LogP contribution is -1.87. The van der Waals surface area contributed by atoms with E-state index in [1.54, 1.807) is 6.07 Å². The SMILES string of the molecule is CC#N.Cc1ccc2c3nc4c(nc3c3c5ccccc5c(C)c1c23)c1cccc2c(C#N)c3ccccc3c4c21. The largest absolute Gasteiger partial charge is 0.243 e. The van der Waals surface area contributed by atoms with Crippen LogP contribution in [0.25, 0.3) is 86.7 Å². The molecular weight excluding hydrogens is 500 g/mol. The number of nitrogens with zero attached hydrogens (tertiary/aromatic N) is 4. The zero-order chi connectivity index (χ0) is 28.0. The molecule has 4 heteroatoms. The number of benzene rings is 6. The Morgan fingerprint density at radius 1 is 0.488 bits per heavy atom. The van der Waals surface area contributed by atoms with Gasteiger partial charge in [0.05, 0.1) is 33.7 Å². The molecule has 190 valence electrons. The van der Waals surface area contributed by atoms with Gasteiger partial charge in [0.1, 0.15) is 6.07 Å². The first kappa shape index (κ1) is 23.3. The van der Waals surface area contributed by atoms with Gasteiger partial charge in [-0.2, -0.15) is 10.5 Å². The highest BCUT2D eigenvalue weighted by molar-refractivity contribution is 6.40. The maximum Gasteiger partial charge on any atom is 0.100 e. The van der Waals surface area contributed by atoms with Crippen molar-refractivity contribution in [3.05, 3.63) is 95.6 Å². The fraction of sp³-hybridized carbons (Fsp3) is 0.0811. The Morgan fingerprint density at radius 2 is 1.00 bits per heavy atom. The molecule has 0 saturated carbocycles. The van der Waals surface area contributed by atoms with Gasteiger partial charge in [-0.05, 0) is 46.5 Å². The van der Waals surface area contributed by atoms with Crippen LogP contribution in [0.1, 0.15) is 23.6 Å². The summed E-state index contributed by atoms with van der Waals surface area (Å²) in [4.78, 5) is 10.9. The summed E-state index contributed by atoms with van der Waals surface area (Å²) in [7, 11) is 0. The van der Waals surface area contributed by atoms with E-state index in [-0.39, 0.29) is 0 Å². The van der Waals surface area contributed by atoms with Crippen molar-refractivity contribution < 1.29 is 0 Å². The molecule has 0 spiro atoms. The molecule has 4 nitrogen and oxygen atoms in total. The van der Waals surface area contributed by atoms with Crippen molar-refractivity contribution in [2.24, 2.45) is 0 Å². The van der Waals surface area contributed by atoms with Gasteiger partial charge >= 0.3 is 0 Å². The van der Waals surface area contributed by atoms with Crippen LogP contribution in [0, 0.1) is 36.5 Å². The molecular formula is C37H22N4. The lowest BCUT2D eigenvalue weighted by Gasteiger charge is -2.11. The summed E-state index contributed by atoms with van der Waals surface area (Å²) in [5.74, 6) is 0. The molecule has 9 aromatic rings. The van der Waals surface area contributed by atoms with Gasteiger partial charge in [-0.15, -0.1) is 0 Å². The van der Waals surface area contributed by atoms with Gasteiger partial charge in [0.25, 0.3) is 0 Å². The second-order valence-corrected chi connectivity index (χ2v) is 10.7. The minimum atomic E-state index is 0.716. The van der Waals surface area contributed by atoms with Crippen molar-refractivity contribution in [3.63, 3.8) is 0 Å². The van der Waals surface area contributed by atoms with Gasteiger partial charge in [-0.1, -0.05) is 78.9 Å². The number of fused-ring (bicyclic) bond motifs is 10. The minimum absolute atomic E-state index is 0.716. The Bertz CT molecular complexity index is 2630. The monoisotopic (exact) mass is 522 g/mol. The molecule has 0 fully saturated rings. The molecule has 9 rings (SSSR count). The van der Waals surface area contributed by atoms with Crippen molar-refractivity contribution in [2.45, 2.75) is 20.8 Å². The van der Waals surface area contributed by atoms with Crippen LogP contribution in [0.4, 0.5) is 0 Å². The van der Waals surface area contributed by atoms with Crippen LogP contribution in [0.5, 0.6) is 0 Å². The number of hydrogen-bond donors (Lipinski definition) is 0. The molecule has 0 aliphatic rings. The van der Waals surface area contributed by atoms with Gasteiger partial charge in [0.15, 0.2) is 0 Å². The van der Waals surface area contributed by atoms with Crippen LogP contribution in [-0.2, 0) is 0 Å². The predicted octanol–water partition coefficient (Wildman–Crippen LogP) is 9.60. The van der Waals surface area contributed by atoms with E-state index in [4.69, 9.17) is 15.2 Å². The fourth-order valence-electron chi connectivity index (χ4n) is 7.14. The average molecular weight is 523 g/mol. The Balaban J connectivity index is 0.000000821. The van der Waals surface area contributed by atoms with E-state index in [1.165, 1.54) is 45.0 Å². The van der Waals surface area contributed by atoms with Crippen LogP contribution < -0.4 is 0 Å². The average Bonchev–Trinajstić information content (AvgIpc) is 3.49. The Morgan fingerprint density at radius 3 is 1.66 bits per heavy atom. The van der Waals surface area contributed by atoms with Crippen LogP contribution in [0.2, 0.25) is 0 Å². The number of hydrogen-bond acceptors (Lipinski definition) is 4. The molecule has 0 amide bonds. The Labute approximate surface area is 235 Å². The molecule has 0 atom stereocenters. The highest BCUT2D eigenvalue weighted by Crippen LogP contribution is 2.47. The summed E-state index contributed by atoms with van der Waals surface area (Å²) < 4.78 is 0. The summed E-state index contributed by atoms with van der Waals surface area (Å²) in [5, 5.41) is 31.1. The summed E-state index contributed by atoms with van der Waals surface area (Å²) in [6.45, 7) is 5.86. The van der Waals surface area contributed by atoms with Gasteiger partial charge in [0.2, 0.25) is 0 Å². The van der Waals surface area contributed by atoms with Crippen LogP contribution in [0.3, 0.4) is 0 Å². The van der Waals surface area contributed by atoms with Crippen molar-refractivity contribution >= 4 is 86.7 Å². The summed E-state index contributed by atoms with van der Waals surface area (Å²) in [6, 6.07) is 31.8. The van der Waals surface area contributed by atoms with Crippen LogP contribution in [-0.4, -0.2) is 9.97 Å². The Kier molecular flexibility index (Phi) is 4.67. The standard InChI is InChI=1S/C35H19N3.C2H3N/c1-17-14-15-25-29-27(17)18(2)19-8-3-5-10-21(19)31(29)35-33(25)38-34-30-22-11-6-4-9-20(22)26(16-36)23-12-7-13-24(28(23)30)32(34)37-35;1-2-3/h3-15H,1-2H3;1H3. The van der Waals surface area contributed by atoms with Crippen molar-refractivity contribution in [3.8, 4) is 12.1 Å². The topological polar surface area (TPSA) is 73.4 Å². The zero-order valence-electron chi connectivity index (χ0n) is 22.8. The molecule has 0 unspecified atom stereocenters. The first-order valence-electron chi connectivity index (χ1n) is 13.7. The second-order valence-electron chi connectivity index (χ2n) is 10.7. The number of rotatable bonds is 0. The predicted molar refractivity (Wildman–Crippen MR) is 170 cm³/mol. The summed E-state index contributed by atoms with van der Waals surface area (Å²) in [6.07, 6.45) is 0. The zero-order valence-corrected chi connectivity index (χ0v) is 22.8. The third-order valence-electron chi connectivity index (χ3n) is 8.68. The minimum Gasteiger partial charge on any atom is -0.243 e. The number of aromatic nitrogens is 2.